The van der Waals surface area contributed by atoms with Crippen molar-refractivity contribution in [2.75, 3.05) is 56.2 Å². The predicted octanol–water partition coefficient (Wildman–Crippen LogP) is 2.64. The molecule has 0 spiro atoms. The van der Waals surface area contributed by atoms with Gasteiger partial charge in [-0.05, 0) is 63.2 Å². The molecule has 1 amide bonds. The fraction of sp³-hybridized carbons (Fsp3) is 0.516. The highest BCUT2D eigenvalue weighted by Gasteiger charge is 2.34. The van der Waals surface area contributed by atoms with E-state index in [0.717, 1.165) is 70.0 Å². The number of anilines is 2. The van der Waals surface area contributed by atoms with Gasteiger partial charge < -0.3 is 30.1 Å². The van der Waals surface area contributed by atoms with E-state index in [-0.39, 0.29) is 18.0 Å². The fourth-order valence-electron chi connectivity index (χ4n) is 6.67. The molecule has 3 fully saturated rings. The van der Waals surface area contributed by atoms with Crippen molar-refractivity contribution in [1.29, 1.82) is 0 Å². The second-order valence-corrected chi connectivity index (χ2v) is 11.9. The number of likely N-dealkylation sites (N-methyl/N-ethyl adjacent to an activating group) is 1. The standard InChI is InChI=1S/C31H39N7O2/c1-20-6-3-7-21-8-4-10-27(28(20)21)37-15-12-24-26(18-37)34-31(40-19-23-9-5-13-36(23)2)35-29(24)38-14-11-22(17-38)33-30(39)25-16-32-25/h3-4,6-8,10,22-23,25,32H,5,9,11-19H2,1-2H3,(H,33,39)/t22?,23-,25?/m0/s1. The molecule has 0 saturated carbocycles. The number of amides is 1. The Morgan fingerprint density at radius 1 is 1.10 bits per heavy atom. The zero-order valence-corrected chi connectivity index (χ0v) is 23.5. The third kappa shape index (κ3) is 4.97. The number of ether oxygens (including phenoxy) is 1. The van der Waals surface area contributed by atoms with Gasteiger partial charge in [-0.2, -0.15) is 9.97 Å². The Morgan fingerprint density at radius 3 is 2.75 bits per heavy atom. The minimum absolute atomic E-state index is 0.0155. The van der Waals surface area contributed by atoms with Gasteiger partial charge >= 0.3 is 6.01 Å². The van der Waals surface area contributed by atoms with Crippen molar-refractivity contribution in [2.24, 2.45) is 0 Å². The quantitative estimate of drug-likeness (QED) is 0.441. The molecule has 0 radical (unpaired) electrons. The maximum Gasteiger partial charge on any atom is 0.318 e. The van der Waals surface area contributed by atoms with Crippen molar-refractivity contribution >= 4 is 28.2 Å². The summed E-state index contributed by atoms with van der Waals surface area (Å²) in [4.78, 5) is 29.5. The van der Waals surface area contributed by atoms with Gasteiger partial charge in [-0.1, -0.05) is 30.3 Å². The average molecular weight is 542 g/mol. The zero-order chi connectivity index (χ0) is 27.2. The highest BCUT2D eigenvalue weighted by atomic mass is 16.5. The van der Waals surface area contributed by atoms with Crippen LogP contribution in [0.5, 0.6) is 6.01 Å². The maximum atomic E-state index is 12.4. The molecule has 7 rings (SSSR count). The van der Waals surface area contributed by atoms with Gasteiger partial charge in [-0.15, -0.1) is 0 Å². The molecule has 2 N–H and O–H groups in total. The van der Waals surface area contributed by atoms with Gasteiger partial charge in [0.15, 0.2) is 0 Å². The van der Waals surface area contributed by atoms with Gasteiger partial charge in [0.2, 0.25) is 5.91 Å². The Bertz CT molecular complexity index is 1420. The van der Waals surface area contributed by atoms with Crippen molar-refractivity contribution in [3.05, 3.63) is 53.2 Å². The number of hydrogen-bond acceptors (Lipinski definition) is 8. The summed E-state index contributed by atoms with van der Waals surface area (Å²) in [5.74, 6) is 1.09. The summed E-state index contributed by atoms with van der Waals surface area (Å²) in [6.07, 6.45) is 4.14. The molecule has 210 valence electrons. The third-order valence-electron chi connectivity index (χ3n) is 9.09. The molecule has 3 aromatic rings. The van der Waals surface area contributed by atoms with Crippen LogP contribution in [0.1, 0.15) is 36.1 Å². The Kier molecular flexibility index (Phi) is 6.71. The van der Waals surface area contributed by atoms with Crippen LogP contribution in [0.4, 0.5) is 11.5 Å². The topological polar surface area (TPSA) is 95.8 Å². The van der Waals surface area contributed by atoms with Gasteiger partial charge in [0, 0.05) is 54.9 Å². The number of aromatic nitrogens is 2. The lowest BCUT2D eigenvalue weighted by molar-refractivity contribution is -0.121. The zero-order valence-electron chi connectivity index (χ0n) is 23.5. The van der Waals surface area contributed by atoms with Crippen LogP contribution >= 0.6 is 0 Å². The molecule has 0 bridgehead atoms. The van der Waals surface area contributed by atoms with Crippen LogP contribution in [0.2, 0.25) is 0 Å². The molecular weight excluding hydrogens is 502 g/mol. The minimum Gasteiger partial charge on any atom is -0.462 e. The molecule has 4 aliphatic heterocycles. The summed E-state index contributed by atoms with van der Waals surface area (Å²) >= 11 is 0. The number of nitrogens with one attached hydrogen (secondary N) is 2. The highest BCUT2D eigenvalue weighted by molar-refractivity contribution is 5.97. The Balaban J connectivity index is 1.18. The van der Waals surface area contributed by atoms with E-state index in [1.54, 1.807) is 0 Å². The molecule has 3 saturated heterocycles. The number of likely N-dealkylation sites (tertiary alicyclic amines) is 1. The van der Waals surface area contributed by atoms with Crippen LogP contribution in [0.25, 0.3) is 10.8 Å². The Labute approximate surface area is 235 Å². The first-order chi connectivity index (χ1) is 19.5. The lowest BCUT2D eigenvalue weighted by atomic mass is 10.00. The van der Waals surface area contributed by atoms with Crippen molar-refractivity contribution in [2.45, 2.75) is 57.3 Å². The number of nitrogens with zero attached hydrogens (tertiary/aromatic N) is 5. The fourth-order valence-corrected chi connectivity index (χ4v) is 6.67. The van der Waals surface area contributed by atoms with Crippen LogP contribution < -0.4 is 25.2 Å². The maximum absolute atomic E-state index is 12.4. The number of fused-ring (bicyclic) bond motifs is 2. The first kappa shape index (κ1) is 25.5. The number of carbonyl (C=O) groups is 1. The van der Waals surface area contributed by atoms with Crippen LogP contribution in [0.15, 0.2) is 36.4 Å². The van der Waals surface area contributed by atoms with Gasteiger partial charge in [0.05, 0.1) is 18.3 Å². The third-order valence-corrected chi connectivity index (χ3v) is 9.09. The van der Waals surface area contributed by atoms with Crippen LogP contribution in [-0.2, 0) is 17.8 Å². The molecule has 9 heteroatoms. The van der Waals surface area contributed by atoms with Crippen molar-refractivity contribution in [3.63, 3.8) is 0 Å². The summed E-state index contributed by atoms with van der Waals surface area (Å²) in [6, 6.07) is 14.1. The van der Waals surface area contributed by atoms with E-state index in [9.17, 15) is 4.79 Å². The smallest absolute Gasteiger partial charge is 0.318 e. The monoisotopic (exact) mass is 541 g/mol. The summed E-state index contributed by atoms with van der Waals surface area (Å²) < 4.78 is 6.30. The van der Waals surface area contributed by atoms with Crippen molar-refractivity contribution in [3.8, 4) is 6.01 Å². The molecule has 40 heavy (non-hydrogen) atoms. The molecule has 9 nitrogen and oxygen atoms in total. The molecule has 1 aromatic heterocycles. The normalized spacial score (nSPS) is 24.4. The molecule has 2 unspecified atom stereocenters. The van der Waals surface area contributed by atoms with Crippen molar-refractivity contribution < 1.29 is 9.53 Å². The SMILES string of the molecule is Cc1cccc2cccc(N3CCc4c(nc(OC[C@@H]5CCCN5C)nc4N4CCC(NC(=O)C5CN5)C4)C3)c12. The molecule has 2 aromatic carbocycles. The number of aryl methyl sites for hydroxylation is 1. The lowest BCUT2D eigenvalue weighted by Gasteiger charge is -2.33. The number of carbonyl (C=O) groups excluding carboxylic acids is 1. The van der Waals surface area contributed by atoms with E-state index in [4.69, 9.17) is 14.7 Å². The first-order valence-corrected chi connectivity index (χ1v) is 14.8. The number of rotatable bonds is 7. The van der Waals surface area contributed by atoms with Crippen LogP contribution in [0.3, 0.4) is 0 Å². The van der Waals surface area contributed by atoms with Crippen LogP contribution in [0, 0.1) is 6.92 Å². The van der Waals surface area contributed by atoms with E-state index in [1.807, 2.05) is 0 Å². The second kappa shape index (κ2) is 10.5. The van der Waals surface area contributed by atoms with Gasteiger partial charge in [0.25, 0.3) is 0 Å². The van der Waals surface area contributed by atoms with Gasteiger partial charge in [-0.25, -0.2) is 0 Å². The average Bonchev–Trinajstić information content (AvgIpc) is 3.59. The summed E-state index contributed by atoms with van der Waals surface area (Å²) in [6.45, 7) is 7.95. The minimum atomic E-state index is -0.0155. The molecule has 4 aliphatic rings. The van der Waals surface area contributed by atoms with E-state index >= 15 is 0 Å². The number of benzene rings is 2. The first-order valence-electron chi connectivity index (χ1n) is 14.8. The molecule has 3 atom stereocenters. The predicted molar refractivity (Wildman–Crippen MR) is 157 cm³/mol. The van der Waals surface area contributed by atoms with E-state index in [1.165, 1.54) is 34.0 Å². The molecule has 5 heterocycles. The Hall–Kier alpha value is -3.43. The summed E-state index contributed by atoms with van der Waals surface area (Å²) in [5, 5.41) is 8.90. The van der Waals surface area contributed by atoms with E-state index < -0.39 is 0 Å². The van der Waals surface area contributed by atoms with E-state index in [2.05, 4.69) is 75.7 Å². The van der Waals surface area contributed by atoms with Gasteiger partial charge in [0.1, 0.15) is 12.4 Å². The highest BCUT2D eigenvalue weighted by Crippen LogP contribution is 2.36. The molecular formula is C31H39N7O2. The summed E-state index contributed by atoms with van der Waals surface area (Å²) in [7, 11) is 2.17. The van der Waals surface area contributed by atoms with Crippen LogP contribution in [-0.4, -0.2) is 85.3 Å². The molecule has 0 aliphatic carbocycles. The lowest BCUT2D eigenvalue weighted by Crippen LogP contribution is -2.40. The largest absolute Gasteiger partial charge is 0.462 e. The number of hydrogen-bond donors (Lipinski definition) is 2. The second-order valence-electron chi connectivity index (χ2n) is 11.9. The van der Waals surface area contributed by atoms with Gasteiger partial charge in [-0.3, -0.25) is 4.79 Å². The van der Waals surface area contributed by atoms with Crippen molar-refractivity contribution in [1.82, 2.24) is 25.5 Å². The van der Waals surface area contributed by atoms with E-state index in [0.29, 0.717) is 18.7 Å². The Morgan fingerprint density at radius 2 is 1.95 bits per heavy atom. The summed E-state index contributed by atoms with van der Waals surface area (Å²) in [5.41, 5.74) is 4.81.